The number of aromatic nitrogens is 2. The summed E-state index contributed by atoms with van der Waals surface area (Å²) in [4.78, 5) is 8.80. The normalized spacial score (nSPS) is 10.4. The Bertz CT molecular complexity index is 570. The van der Waals surface area contributed by atoms with Gasteiger partial charge in [-0.2, -0.15) is 0 Å². The molecule has 5 nitrogen and oxygen atoms in total. The van der Waals surface area contributed by atoms with Crippen LogP contribution in [0.3, 0.4) is 0 Å². The van der Waals surface area contributed by atoms with E-state index in [2.05, 4.69) is 22.2 Å². The van der Waals surface area contributed by atoms with Crippen molar-refractivity contribution in [1.82, 2.24) is 15.3 Å². The van der Waals surface area contributed by atoms with Gasteiger partial charge in [-0.05, 0) is 24.2 Å². The molecule has 0 saturated heterocycles. The third kappa shape index (κ3) is 4.16. The number of methoxy groups -OCH3 is 2. The summed E-state index contributed by atoms with van der Waals surface area (Å²) in [6, 6.07) is 5.85. The first kappa shape index (κ1) is 15.3. The van der Waals surface area contributed by atoms with Crippen LogP contribution in [-0.2, 0) is 13.0 Å². The smallest absolute Gasteiger partial charge is 0.161 e. The second-order valence-electron chi connectivity index (χ2n) is 4.65. The Hall–Kier alpha value is -2.14. The molecule has 1 aromatic heterocycles. The minimum absolute atomic E-state index is 0.668. The van der Waals surface area contributed by atoms with Crippen LogP contribution in [0.25, 0.3) is 0 Å². The summed E-state index contributed by atoms with van der Waals surface area (Å²) in [5.41, 5.74) is 2.18. The maximum atomic E-state index is 5.30. The van der Waals surface area contributed by atoms with Crippen molar-refractivity contribution in [1.29, 1.82) is 0 Å². The van der Waals surface area contributed by atoms with Gasteiger partial charge in [-0.15, -0.1) is 0 Å². The largest absolute Gasteiger partial charge is 0.493 e. The van der Waals surface area contributed by atoms with E-state index in [4.69, 9.17) is 9.47 Å². The lowest BCUT2D eigenvalue weighted by molar-refractivity contribution is 0.354. The molecule has 0 aliphatic carbocycles. The summed E-state index contributed by atoms with van der Waals surface area (Å²) in [5.74, 6) is 2.24. The van der Waals surface area contributed by atoms with Crippen LogP contribution in [-0.4, -0.2) is 30.7 Å². The van der Waals surface area contributed by atoms with Crippen LogP contribution in [0.5, 0.6) is 11.5 Å². The Morgan fingerprint density at radius 3 is 2.33 bits per heavy atom. The van der Waals surface area contributed by atoms with Gasteiger partial charge in [0.05, 0.1) is 14.2 Å². The highest BCUT2D eigenvalue weighted by Crippen LogP contribution is 2.28. The second kappa shape index (κ2) is 7.59. The maximum absolute atomic E-state index is 5.30. The molecule has 0 bridgehead atoms. The summed E-state index contributed by atoms with van der Waals surface area (Å²) in [5, 5.41) is 3.25. The first-order chi connectivity index (χ1) is 10.3. The van der Waals surface area contributed by atoms with Crippen molar-refractivity contribution in [2.45, 2.75) is 19.9 Å². The molecular formula is C16H21N3O2. The van der Waals surface area contributed by atoms with Crippen LogP contribution in [0, 0.1) is 0 Å². The van der Waals surface area contributed by atoms with Gasteiger partial charge in [0.2, 0.25) is 0 Å². The molecule has 0 amide bonds. The average molecular weight is 287 g/mol. The minimum atomic E-state index is 0.668. The number of nitrogens with zero attached hydrogens (tertiary/aromatic N) is 2. The molecule has 0 aliphatic rings. The average Bonchev–Trinajstić information content (AvgIpc) is 2.54. The number of benzene rings is 1. The predicted molar refractivity (Wildman–Crippen MR) is 81.8 cm³/mol. The highest BCUT2D eigenvalue weighted by atomic mass is 16.5. The van der Waals surface area contributed by atoms with Crippen LogP contribution < -0.4 is 14.8 Å². The molecule has 112 valence electrons. The van der Waals surface area contributed by atoms with Crippen molar-refractivity contribution in [3.05, 3.63) is 47.5 Å². The SMILES string of the molecule is CCNCc1cnc(Cc2ccc(OC)c(OC)c2)nc1. The van der Waals surface area contributed by atoms with Crippen molar-refractivity contribution >= 4 is 0 Å². The van der Waals surface area contributed by atoms with E-state index in [-0.39, 0.29) is 0 Å². The van der Waals surface area contributed by atoms with Crippen LogP contribution in [0.4, 0.5) is 0 Å². The summed E-state index contributed by atoms with van der Waals surface area (Å²) >= 11 is 0. The fraction of sp³-hybridized carbons (Fsp3) is 0.375. The predicted octanol–water partition coefficient (Wildman–Crippen LogP) is 2.19. The Kier molecular flexibility index (Phi) is 5.51. The molecule has 0 radical (unpaired) electrons. The van der Waals surface area contributed by atoms with Crippen molar-refractivity contribution in [2.24, 2.45) is 0 Å². The molecule has 1 N–H and O–H groups in total. The molecule has 0 spiro atoms. The molecule has 21 heavy (non-hydrogen) atoms. The van der Waals surface area contributed by atoms with Crippen LogP contribution in [0.1, 0.15) is 23.9 Å². The fourth-order valence-corrected chi connectivity index (χ4v) is 2.01. The fourth-order valence-electron chi connectivity index (χ4n) is 2.01. The molecular weight excluding hydrogens is 266 g/mol. The van der Waals surface area contributed by atoms with Crippen molar-refractivity contribution in [3.63, 3.8) is 0 Å². The number of rotatable bonds is 7. The van der Waals surface area contributed by atoms with Gasteiger partial charge in [-0.25, -0.2) is 9.97 Å². The maximum Gasteiger partial charge on any atom is 0.161 e. The number of nitrogens with one attached hydrogen (secondary N) is 1. The van der Waals surface area contributed by atoms with Crippen LogP contribution in [0.2, 0.25) is 0 Å². The molecule has 0 fully saturated rings. The van der Waals surface area contributed by atoms with E-state index in [0.717, 1.165) is 41.5 Å². The zero-order chi connectivity index (χ0) is 15.1. The third-order valence-electron chi connectivity index (χ3n) is 3.15. The highest BCUT2D eigenvalue weighted by molar-refractivity contribution is 5.43. The standard InChI is InChI=1S/C16H21N3O2/c1-4-17-9-13-10-18-16(19-11-13)8-12-5-6-14(20-2)15(7-12)21-3/h5-7,10-11,17H,4,8-9H2,1-3H3. The Morgan fingerprint density at radius 2 is 1.71 bits per heavy atom. The van der Waals surface area contributed by atoms with Gasteiger partial charge in [0, 0.05) is 30.9 Å². The van der Waals surface area contributed by atoms with Crippen LogP contribution in [0.15, 0.2) is 30.6 Å². The zero-order valence-corrected chi connectivity index (χ0v) is 12.7. The van der Waals surface area contributed by atoms with E-state index < -0.39 is 0 Å². The molecule has 1 heterocycles. The molecule has 1 aromatic carbocycles. The van der Waals surface area contributed by atoms with Gasteiger partial charge in [-0.3, -0.25) is 0 Å². The molecule has 0 saturated carbocycles. The second-order valence-corrected chi connectivity index (χ2v) is 4.65. The lowest BCUT2D eigenvalue weighted by atomic mass is 10.1. The summed E-state index contributed by atoms with van der Waals surface area (Å²) < 4.78 is 10.5. The Labute approximate surface area is 125 Å². The van der Waals surface area contributed by atoms with E-state index in [0.29, 0.717) is 6.42 Å². The van der Waals surface area contributed by atoms with Gasteiger partial charge < -0.3 is 14.8 Å². The first-order valence-electron chi connectivity index (χ1n) is 6.98. The van der Waals surface area contributed by atoms with Gasteiger partial charge in [-0.1, -0.05) is 13.0 Å². The van der Waals surface area contributed by atoms with E-state index in [1.54, 1.807) is 14.2 Å². The van der Waals surface area contributed by atoms with E-state index in [1.807, 2.05) is 30.6 Å². The third-order valence-corrected chi connectivity index (χ3v) is 3.15. The zero-order valence-electron chi connectivity index (χ0n) is 12.7. The van der Waals surface area contributed by atoms with E-state index in [1.165, 1.54) is 0 Å². The summed E-state index contributed by atoms with van der Waals surface area (Å²) in [6.45, 7) is 3.81. The van der Waals surface area contributed by atoms with Gasteiger partial charge in [0.15, 0.2) is 11.5 Å². The van der Waals surface area contributed by atoms with Crippen LogP contribution >= 0.6 is 0 Å². The molecule has 5 heteroatoms. The lowest BCUT2D eigenvalue weighted by Gasteiger charge is -2.09. The number of ether oxygens (including phenoxy) is 2. The quantitative estimate of drug-likeness (QED) is 0.846. The van der Waals surface area contributed by atoms with Crippen molar-refractivity contribution in [3.8, 4) is 11.5 Å². The minimum Gasteiger partial charge on any atom is -0.493 e. The summed E-state index contributed by atoms with van der Waals surface area (Å²) in [7, 11) is 3.26. The monoisotopic (exact) mass is 287 g/mol. The van der Waals surface area contributed by atoms with Crippen molar-refractivity contribution < 1.29 is 9.47 Å². The van der Waals surface area contributed by atoms with E-state index >= 15 is 0 Å². The van der Waals surface area contributed by atoms with Gasteiger partial charge in [0.1, 0.15) is 5.82 Å². The van der Waals surface area contributed by atoms with Gasteiger partial charge >= 0.3 is 0 Å². The Morgan fingerprint density at radius 1 is 1.00 bits per heavy atom. The van der Waals surface area contributed by atoms with Crippen molar-refractivity contribution in [2.75, 3.05) is 20.8 Å². The molecule has 2 rings (SSSR count). The first-order valence-corrected chi connectivity index (χ1v) is 6.98. The topological polar surface area (TPSA) is 56.3 Å². The number of hydrogen-bond acceptors (Lipinski definition) is 5. The Balaban J connectivity index is 2.07. The molecule has 2 aromatic rings. The summed E-state index contributed by atoms with van der Waals surface area (Å²) in [6.07, 6.45) is 4.40. The number of hydrogen-bond donors (Lipinski definition) is 1. The molecule has 0 aliphatic heterocycles. The van der Waals surface area contributed by atoms with Gasteiger partial charge in [0.25, 0.3) is 0 Å². The lowest BCUT2D eigenvalue weighted by Crippen LogP contribution is -2.12. The molecule has 0 atom stereocenters. The van der Waals surface area contributed by atoms with E-state index in [9.17, 15) is 0 Å². The highest BCUT2D eigenvalue weighted by Gasteiger charge is 2.06. The molecule has 0 unspecified atom stereocenters.